The number of pyridine rings is 1. The smallest absolute Gasteiger partial charge is 0.0579 e. The predicted molar refractivity (Wildman–Crippen MR) is 49.3 cm³/mol. The Bertz CT molecular complexity index is 201. The third kappa shape index (κ3) is 2.52. The summed E-state index contributed by atoms with van der Waals surface area (Å²) in [7, 11) is 0. The van der Waals surface area contributed by atoms with Crippen LogP contribution in [0.3, 0.4) is 0 Å². The van der Waals surface area contributed by atoms with Crippen molar-refractivity contribution in [2.24, 2.45) is 0 Å². The molecule has 1 aromatic rings. The van der Waals surface area contributed by atoms with Gasteiger partial charge in [0, 0.05) is 6.20 Å². The molecule has 0 bridgehead atoms. The largest absolute Gasteiger partial charge is 0.260 e. The van der Waals surface area contributed by atoms with Crippen LogP contribution in [-0.2, 0) is 0 Å². The van der Waals surface area contributed by atoms with Crippen molar-refractivity contribution in [2.45, 2.75) is 13.0 Å². The molecular weight excluding hydrogens is 156 g/mol. The molecule has 1 heterocycles. The standard InChI is InChI=1S/C8H12N2S/c1-7(10-11-2)8-5-3-4-6-9-8/h3-7,10H,1-2H3/t7-/m0/s1. The first-order chi connectivity index (χ1) is 5.34. The van der Waals surface area contributed by atoms with Gasteiger partial charge in [0.1, 0.15) is 0 Å². The van der Waals surface area contributed by atoms with Gasteiger partial charge in [-0.15, -0.1) is 0 Å². The first-order valence-electron chi connectivity index (χ1n) is 3.54. The molecule has 0 radical (unpaired) electrons. The summed E-state index contributed by atoms with van der Waals surface area (Å²) >= 11 is 1.61. The average Bonchev–Trinajstić information content (AvgIpc) is 2.07. The maximum absolute atomic E-state index is 4.22. The normalized spacial score (nSPS) is 12.9. The van der Waals surface area contributed by atoms with E-state index in [2.05, 4.69) is 16.6 Å². The molecule has 11 heavy (non-hydrogen) atoms. The van der Waals surface area contributed by atoms with Crippen molar-refractivity contribution in [3.8, 4) is 0 Å². The molecule has 0 aliphatic heterocycles. The lowest BCUT2D eigenvalue weighted by atomic mass is 10.2. The van der Waals surface area contributed by atoms with E-state index < -0.39 is 0 Å². The van der Waals surface area contributed by atoms with Crippen molar-refractivity contribution >= 4 is 11.9 Å². The van der Waals surface area contributed by atoms with E-state index >= 15 is 0 Å². The zero-order valence-corrected chi connectivity index (χ0v) is 7.56. The molecule has 0 aromatic carbocycles. The summed E-state index contributed by atoms with van der Waals surface area (Å²) in [5, 5.41) is 0. The monoisotopic (exact) mass is 168 g/mol. The number of aromatic nitrogens is 1. The van der Waals surface area contributed by atoms with E-state index in [9.17, 15) is 0 Å². The minimum absolute atomic E-state index is 0.325. The molecular formula is C8H12N2S. The third-order valence-electron chi connectivity index (χ3n) is 1.43. The van der Waals surface area contributed by atoms with Crippen LogP contribution >= 0.6 is 11.9 Å². The summed E-state index contributed by atoms with van der Waals surface area (Å²) in [6.45, 7) is 2.10. The van der Waals surface area contributed by atoms with Crippen LogP contribution in [0, 0.1) is 0 Å². The van der Waals surface area contributed by atoms with Crippen LogP contribution in [0.15, 0.2) is 24.4 Å². The van der Waals surface area contributed by atoms with Gasteiger partial charge >= 0.3 is 0 Å². The quantitative estimate of drug-likeness (QED) is 0.699. The molecule has 0 saturated carbocycles. The van der Waals surface area contributed by atoms with Crippen LogP contribution < -0.4 is 4.72 Å². The van der Waals surface area contributed by atoms with Gasteiger partial charge in [0.05, 0.1) is 11.7 Å². The topological polar surface area (TPSA) is 24.9 Å². The van der Waals surface area contributed by atoms with Crippen molar-refractivity contribution in [1.82, 2.24) is 9.71 Å². The first-order valence-corrected chi connectivity index (χ1v) is 4.76. The molecule has 3 heteroatoms. The highest BCUT2D eigenvalue weighted by atomic mass is 32.2. The lowest BCUT2D eigenvalue weighted by Gasteiger charge is -2.09. The maximum atomic E-state index is 4.22. The fraction of sp³-hybridized carbons (Fsp3) is 0.375. The highest BCUT2D eigenvalue weighted by Crippen LogP contribution is 2.09. The Morgan fingerprint density at radius 2 is 2.36 bits per heavy atom. The van der Waals surface area contributed by atoms with Crippen molar-refractivity contribution in [3.63, 3.8) is 0 Å². The molecule has 0 fully saturated rings. The van der Waals surface area contributed by atoms with Gasteiger partial charge in [0.15, 0.2) is 0 Å². The Hall–Kier alpha value is -0.540. The first kappa shape index (κ1) is 8.56. The van der Waals surface area contributed by atoms with Gasteiger partial charge in [0.25, 0.3) is 0 Å². The second-order valence-electron chi connectivity index (χ2n) is 2.30. The van der Waals surface area contributed by atoms with Crippen molar-refractivity contribution < 1.29 is 0 Å². The maximum Gasteiger partial charge on any atom is 0.0579 e. The van der Waals surface area contributed by atoms with Crippen molar-refractivity contribution in [2.75, 3.05) is 6.26 Å². The van der Waals surface area contributed by atoms with Crippen LogP contribution in [0.2, 0.25) is 0 Å². The number of rotatable bonds is 3. The molecule has 0 unspecified atom stereocenters. The van der Waals surface area contributed by atoms with E-state index in [1.54, 1.807) is 11.9 Å². The minimum Gasteiger partial charge on any atom is -0.260 e. The van der Waals surface area contributed by atoms with Crippen LogP contribution in [0.25, 0.3) is 0 Å². The Balaban J connectivity index is 2.61. The molecule has 0 aliphatic rings. The SMILES string of the molecule is CSN[C@@H](C)c1ccccn1. The van der Waals surface area contributed by atoms with Gasteiger partial charge in [-0.2, -0.15) is 0 Å². The summed E-state index contributed by atoms with van der Waals surface area (Å²) in [5.41, 5.74) is 1.09. The Kier molecular flexibility index (Phi) is 3.39. The molecule has 0 aliphatic carbocycles. The molecule has 0 saturated heterocycles. The second kappa shape index (κ2) is 4.36. The molecule has 1 rings (SSSR count). The van der Waals surface area contributed by atoms with E-state index in [-0.39, 0.29) is 0 Å². The Morgan fingerprint density at radius 3 is 2.91 bits per heavy atom. The zero-order valence-electron chi connectivity index (χ0n) is 6.74. The molecule has 1 aromatic heterocycles. The van der Waals surface area contributed by atoms with Gasteiger partial charge in [-0.25, -0.2) is 0 Å². The number of hydrogen-bond donors (Lipinski definition) is 1. The van der Waals surface area contributed by atoms with Gasteiger partial charge in [-0.05, 0) is 25.3 Å². The molecule has 60 valence electrons. The highest BCUT2D eigenvalue weighted by Gasteiger charge is 2.02. The number of nitrogens with zero attached hydrogens (tertiary/aromatic N) is 1. The van der Waals surface area contributed by atoms with E-state index in [1.165, 1.54) is 0 Å². The minimum atomic E-state index is 0.325. The zero-order chi connectivity index (χ0) is 8.10. The van der Waals surface area contributed by atoms with Gasteiger partial charge in [-0.3, -0.25) is 9.71 Å². The summed E-state index contributed by atoms with van der Waals surface area (Å²) in [5.74, 6) is 0. The van der Waals surface area contributed by atoms with Crippen molar-refractivity contribution in [1.29, 1.82) is 0 Å². The third-order valence-corrected chi connectivity index (χ3v) is 2.02. The van der Waals surface area contributed by atoms with Gasteiger partial charge < -0.3 is 0 Å². The highest BCUT2D eigenvalue weighted by molar-refractivity contribution is 7.96. The fourth-order valence-corrected chi connectivity index (χ4v) is 1.34. The van der Waals surface area contributed by atoms with Crippen LogP contribution in [0.4, 0.5) is 0 Å². The summed E-state index contributed by atoms with van der Waals surface area (Å²) in [6, 6.07) is 6.27. The van der Waals surface area contributed by atoms with Gasteiger partial charge in [-0.1, -0.05) is 18.0 Å². The van der Waals surface area contributed by atoms with E-state index in [0.717, 1.165) is 5.69 Å². The summed E-state index contributed by atoms with van der Waals surface area (Å²) in [4.78, 5) is 4.22. The van der Waals surface area contributed by atoms with Gasteiger partial charge in [0.2, 0.25) is 0 Å². The fourth-order valence-electron chi connectivity index (χ4n) is 0.869. The summed E-state index contributed by atoms with van der Waals surface area (Å²) in [6.07, 6.45) is 3.83. The Morgan fingerprint density at radius 1 is 1.55 bits per heavy atom. The lowest BCUT2D eigenvalue weighted by molar-refractivity contribution is 0.726. The van der Waals surface area contributed by atoms with Crippen molar-refractivity contribution in [3.05, 3.63) is 30.1 Å². The van der Waals surface area contributed by atoms with Crippen LogP contribution in [0.5, 0.6) is 0 Å². The van der Waals surface area contributed by atoms with Crippen LogP contribution in [-0.4, -0.2) is 11.2 Å². The lowest BCUT2D eigenvalue weighted by Crippen LogP contribution is -2.10. The summed E-state index contributed by atoms with van der Waals surface area (Å²) < 4.78 is 3.22. The Labute approximate surface area is 71.6 Å². The molecule has 1 N–H and O–H groups in total. The molecule has 1 atom stereocenters. The van der Waals surface area contributed by atoms with E-state index in [1.807, 2.05) is 30.7 Å². The second-order valence-corrected chi connectivity index (χ2v) is 2.94. The number of hydrogen-bond acceptors (Lipinski definition) is 3. The molecule has 0 amide bonds. The van der Waals surface area contributed by atoms with E-state index in [0.29, 0.717) is 6.04 Å². The average molecular weight is 168 g/mol. The van der Waals surface area contributed by atoms with Crippen LogP contribution in [0.1, 0.15) is 18.7 Å². The molecule has 0 spiro atoms. The predicted octanol–water partition coefficient (Wildman–Crippen LogP) is 2.01. The number of nitrogens with one attached hydrogen (secondary N) is 1. The van der Waals surface area contributed by atoms with E-state index in [4.69, 9.17) is 0 Å². The molecule has 2 nitrogen and oxygen atoms in total.